The molecule has 1 aromatic rings. The third-order valence-electron chi connectivity index (χ3n) is 2.88. The van der Waals surface area contributed by atoms with E-state index in [-0.39, 0.29) is 12.0 Å². The van der Waals surface area contributed by atoms with Crippen molar-refractivity contribution in [2.24, 2.45) is 0 Å². The average molecular weight is 333 g/mol. The number of rotatable bonds is 4. The van der Waals surface area contributed by atoms with E-state index in [1.54, 1.807) is 11.3 Å². The van der Waals surface area contributed by atoms with Crippen LogP contribution in [0.4, 0.5) is 0 Å². The van der Waals surface area contributed by atoms with Crippen LogP contribution in [0.2, 0.25) is 0 Å². The number of piperazine rings is 1. The molecule has 0 spiro atoms. The zero-order valence-electron chi connectivity index (χ0n) is 10.3. The van der Waals surface area contributed by atoms with Gasteiger partial charge in [0.05, 0.1) is 6.61 Å². The van der Waals surface area contributed by atoms with E-state index >= 15 is 0 Å². The number of nitrogens with zero attached hydrogens (tertiary/aromatic N) is 1. The number of hydrogen-bond donors (Lipinski definition) is 1. The highest BCUT2D eigenvalue weighted by atomic mass is 79.9. The van der Waals surface area contributed by atoms with E-state index in [9.17, 15) is 4.79 Å². The molecule has 0 radical (unpaired) electrons. The monoisotopic (exact) mass is 332 g/mol. The van der Waals surface area contributed by atoms with E-state index < -0.39 is 0 Å². The quantitative estimate of drug-likeness (QED) is 0.856. The summed E-state index contributed by atoms with van der Waals surface area (Å²) in [4.78, 5) is 15.4. The van der Waals surface area contributed by atoms with Crippen LogP contribution in [0.15, 0.2) is 15.9 Å². The normalized spacial score (nSPS) is 18.6. The smallest absolute Gasteiger partial charge is 0.328 e. The summed E-state index contributed by atoms with van der Waals surface area (Å²) in [6.07, 6.45) is 0. The minimum atomic E-state index is -0.261. The van der Waals surface area contributed by atoms with E-state index in [0.717, 1.165) is 35.5 Å². The fourth-order valence-corrected chi connectivity index (χ4v) is 3.64. The Morgan fingerprint density at radius 2 is 2.33 bits per heavy atom. The van der Waals surface area contributed by atoms with Gasteiger partial charge in [0, 0.05) is 40.9 Å². The third-order valence-corrected chi connectivity index (χ3v) is 4.63. The molecule has 1 N–H and O–H groups in total. The Labute approximate surface area is 119 Å². The molecule has 1 aliphatic rings. The highest BCUT2D eigenvalue weighted by Gasteiger charge is 2.30. The topological polar surface area (TPSA) is 41.6 Å². The van der Waals surface area contributed by atoms with Gasteiger partial charge < -0.3 is 10.1 Å². The summed E-state index contributed by atoms with van der Waals surface area (Å²) >= 11 is 5.04. The number of esters is 1. The van der Waals surface area contributed by atoms with E-state index in [1.165, 1.54) is 0 Å². The first-order valence-corrected chi connectivity index (χ1v) is 7.75. The minimum Gasteiger partial charge on any atom is -0.465 e. The second-order valence-electron chi connectivity index (χ2n) is 4.11. The SMILES string of the molecule is CCOC(=O)C(c1cc(Br)cs1)N1CCNCC1. The van der Waals surface area contributed by atoms with Crippen molar-refractivity contribution in [1.82, 2.24) is 10.2 Å². The fourth-order valence-electron chi connectivity index (χ4n) is 2.08. The number of carbonyl (C=O) groups excluding carboxylic acids is 1. The van der Waals surface area contributed by atoms with Crippen LogP contribution in [-0.4, -0.2) is 43.7 Å². The second-order valence-corrected chi connectivity index (χ2v) is 5.97. The van der Waals surface area contributed by atoms with Crippen molar-refractivity contribution < 1.29 is 9.53 Å². The molecule has 2 heterocycles. The standard InChI is InChI=1S/C12H17BrN2O2S/c1-2-17-12(16)11(10-7-9(13)8-18-10)15-5-3-14-4-6-15/h7-8,11,14H,2-6H2,1H3. The van der Waals surface area contributed by atoms with Gasteiger partial charge in [-0.05, 0) is 28.9 Å². The first kappa shape index (κ1) is 14.0. The summed E-state index contributed by atoms with van der Waals surface area (Å²) in [7, 11) is 0. The summed E-state index contributed by atoms with van der Waals surface area (Å²) in [5.41, 5.74) is 0. The Morgan fingerprint density at radius 1 is 1.61 bits per heavy atom. The molecule has 1 aliphatic heterocycles. The Bertz CT molecular complexity index is 405. The molecule has 100 valence electrons. The zero-order valence-corrected chi connectivity index (χ0v) is 12.7. The molecule has 0 saturated carbocycles. The molecule has 0 aromatic carbocycles. The lowest BCUT2D eigenvalue weighted by molar-refractivity contribution is -0.150. The molecular formula is C12H17BrN2O2S. The lowest BCUT2D eigenvalue weighted by Gasteiger charge is -2.32. The van der Waals surface area contributed by atoms with Crippen molar-refractivity contribution in [1.29, 1.82) is 0 Å². The Morgan fingerprint density at radius 3 is 2.89 bits per heavy atom. The van der Waals surface area contributed by atoms with Crippen molar-refractivity contribution in [2.45, 2.75) is 13.0 Å². The third kappa shape index (κ3) is 3.32. The van der Waals surface area contributed by atoms with Crippen LogP contribution in [0, 0.1) is 0 Å². The number of ether oxygens (including phenoxy) is 1. The first-order valence-electron chi connectivity index (χ1n) is 6.07. The van der Waals surface area contributed by atoms with Gasteiger partial charge in [0.15, 0.2) is 0 Å². The zero-order chi connectivity index (χ0) is 13.0. The van der Waals surface area contributed by atoms with Gasteiger partial charge in [-0.15, -0.1) is 11.3 Å². The lowest BCUT2D eigenvalue weighted by atomic mass is 10.2. The summed E-state index contributed by atoms with van der Waals surface area (Å²) in [5.74, 6) is -0.145. The van der Waals surface area contributed by atoms with Gasteiger partial charge in [0.1, 0.15) is 6.04 Å². The lowest BCUT2D eigenvalue weighted by Crippen LogP contribution is -2.47. The highest BCUT2D eigenvalue weighted by Crippen LogP contribution is 2.30. The molecule has 0 bridgehead atoms. The number of halogens is 1. The van der Waals surface area contributed by atoms with Crippen LogP contribution >= 0.6 is 27.3 Å². The predicted molar refractivity (Wildman–Crippen MR) is 75.8 cm³/mol. The molecule has 2 rings (SSSR count). The number of nitrogens with one attached hydrogen (secondary N) is 1. The summed E-state index contributed by atoms with van der Waals surface area (Å²) in [6, 6.07) is 1.75. The molecule has 1 saturated heterocycles. The predicted octanol–water partition coefficient (Wildman–Crippen LogP) is 2.02. The van der Waals surface area contributed by atoms with Crippen molar-refractivity contribution in [2.75, 3.05) is 32.8 Å². The molecule has 1 unspecified atom stereocenters. The van der Waals surface area contributed by atoms with Gasteiger partial charge in [-0.25, -0.2) is 4.79 Å². The van der Waals surface area contributed by atoms with Gasteiger partial charge in [0.2, 0.25) is 0 Å². The molecular weight excluding hydrogens is 316 g/mol. The number of hydrogen-bond acceptors (Lipinski definition) is 5. The van der Waals surface area contributed by atoms with Crippen LogP contribution in [-0.2, 0) is 9.53 Å². The van der Waals surface area contributed by atoms with Crippen molar-refractivity contribution in [3.8, 4) is 0 Å². The van der Waals surface area contributed by atoms with E-state index in [2.05, 4.69) is 26.1 Å². The Hall–Kier alpha value is -0.430. The molecule has 0 aliphatic carbocycles. The van der Waals surface area contributed by atoms with Crippen molar-refractivity contribution in [3.63, 3.8) is 0 Å². The van der Waals surface area contributed by atoms with Crippen LogP contribution in [0.1, 0.15) is 17.8 Å². The van der Waals surface area contributed by atoms with Gasteiger partial charge >= 0.3 is 5.97 Å². The molecule has 0 amide bonds. The van der Waals surface area contributed by atoms with Gasteiger partial charge in [0.25, 0.3) is 0 Å². The van der Waals surface area contributed by atoms with E-state index in [1.807, 2.05) is 18.4 Å². The summed E-state index contributed by atoms with van der Waals surface area (Å²) in [6.45, 7) is 5.86. The minimum absolute atomic E-state index is 0.145. The van der Waals surface area contributed by atoms with Crippen LogP contribution in [0.25, 0.3) is 0 Å². The maximum absolute atomic E-state index is 12.2. The summed E-state index contributed by atoms with van der Waals surface area (Å²) < 4.78 is 6.23. The van der Waals surface area contributed by atoms with Crippen molar-refractivity contribution in [3.05, 3.63) is 20.8 Å². The largest absolute Gasteiger partial charge is 0.465 e. The number of thiophene rings is 1. The average Bonchev–Trinajstić information content (AvgIpc) is 2.78. The molecule has 1 atom stereocenters. The van der Waals surface area contributed by atoms with Crippen molar-refractivity contribution >= 4 is 33.2 Å². The molecule has 1 aromatic heterocycles. The highest BCUT2D eigenvalue weighted by molar-refractivity contribution is 9.10. The van der Waals surface area contributed by atoms with Gasteiger partial charge in [-0.1, -0.05) is 0 Å². The molecule has 4 nitrogen and oxygen atoms in total. The Balaban J connectivity index is 2.18. The second kappa shape index (κ2) is 6.65. The summed E-state index contributed by atoms with van der Waals surface area (Å²) in [5, 5.41) is 5.30. The molecule has 1 fully saturated rings. The Kier molecular flexibility index (Phi) is 5.17. The van der Waals surface area contributed by atoms with Crippen LogP contribution in [0.5, 0.6) is 0 Å². The number of carbonyl (C=O) groups is 1. The van der Waals surface area contributed by atoms with Gasteiger partial charge in [-0.2, -0.15) is 0 Å². The molecule has 6 heteroatoms. The van der Waals surface area contributed by atoms with Crippen LogP contribution in [0.3, 0.4) is 0 Å². The van der Waals surface area contributed by atoms with Crippen LogP contribution < -0.4 is 5.32 Å². The first-order chi connectivity index (χ1) is 8.72. The maximum atomic E-state index is 12.2. The van der Waals surface area contributed by atoms with E-state index in [4.69, 9.17) is 4.74 Å². The van der Waals surface area contributed by atoms with E-state index in [0.29, 0.717) is 6.61 Å². The fraction of sp³-hybridized carbons (Fsp3) is 0.583. The van der Waals surface area contributed by atoms with Gasteiger partial charge in [-0.3, -0.25) is 4.90 Å². The maximum Gasteiger partial charge on any atom is 0.328 e. The molecule has 18 heavy (non-hydrogen) atoms.